The van der Waals surface area contributed by atoms with Crippen LogP contribution < -0.4 is 10.5 Å². The fourth-order valence-corrected chi connectivity index (χ4v) is 2.56. The van der Waals surface area contributed by atoms with Crippen LogP contribution in [0.5, 0.6) is 5.75 Å². The molecule has 3 aromatic rings. The first-order chi connectivity index (χ1) is 10.6. The molecule has 2 aromatic carbocycles. The van der Waals surface area contributed by atoms with Crippen LogP contribution in [0.4, 0.5) is 5.69 Å². The molecule has 0 saturated carbocycles. The van der Waals surface area contributed by atoms with E-state index in [1.165, 1.54) is 0 Å². The van der Waals surface area contributed by atoms with Crippen molar-refractivity contribution in [2.45, 2.75) is 13.5 Å². The van der Waals surface area contributed by atoms with Gasteiger partial charge in [-0.1, -0.05) is 24.3 Å². The maximum Gasteiger partial charge on any atom is 0.141 e. The van der Waals surface area contributed by atoms with Gasteiger partial charge in [0.25, 0.3) is 0 Å². The first-order valence-corrected chi connectivity index (χ1v) is 7.13. The molecule has 1 aromatic heterocycles. The Labute approximate surface area is 129 Å². The number of ether oxygens (including phenoxy) is 1. The molecular weight excluding hydrogens is 274 g/mol. The van der Waals surface area contributed by atoms with Crippen molar-refractivity contribution in [3.8, 4) is 17.1 Å². The van der Waals surface area contributed by atoms with Gasteiger partial charge in [-0.05, 0) is 31.2 Å². The van der Waals surface area contributed by atoms with Crippen LogP contribution in [0.1, 0.15) is 6.92 Å². The number of imidazole rings is 1. The largest absolute Gasteiger partial charge is 0.497 e. The van der Waals surface area contributed by atoms with Crippen molar-refractivity contribution in [2.75, 3.05) is 12.8 Å². The standard InChI is InChI=1S/C18H19N3O/c1-12(2)11-21-17-8-7-15(22-3)10-16(17)20-18(21)13-5-4-6-14(19)9-13/h4-10H,1,11,19H2,2-3H3. The van der Waals surface area contributed by atoms with Crippen molar-refractivity contribution < 1.29 is 4.74 Å². The van der Waals surface area contributed by atoms with Crippen LogP contribution in [-0.4, -0.2) is 16.7 Å². The van der Waals surface area contributed by atoms with E-state index in [9.17, 15) is 0 Å². The van der Waals surface area contributed by atoms with Gasteiger partial charge in [0.1, 0.15) is 11.6 Å². The minimum atomic E-state index is 0.715. The summed E-state index contributed by atoms with van der Waals surface area (Å²) in [6.45, 7) is 6.75. The molecule has 0 aliphatic carbocycles. The number of aromatic nitrogens is 2. The highest BCUT2D eigenvalue weighted by molar-refractivity contribution is 5.82. The predicted octanol–water partition coefficient (Wildman–Crippen LogP) is 3.87. The third-order valence-electron chi connectivity index (χ3n) is 3.53. The van der Waals surface area contributed by atoms with Gasteiger partial charge in [-0.25, -0.2) is 4.98 Å². The number of rotatable bonds is 4. The van der Waals surface area contributed by atoms with Gasteiger partial charge in [-0.15, -0.1) is 0 Å². The number of nitrogen functional groups attached to an aromatic ring is 1. The second kappa shape index (κ2) is 5.56. The number of methoxy groups -OCH3 is 1. The smallest absolute Gasteiger partial charge is 0.141 e. The molecule has 0 radical (unpaired) electrons. The van der Waals surface area contributed by atoms with Crippen molar-refractivity contribution in [1.82, 2.24) is 9.55 Å². The van der Waals surface area contributed by atoms with Crippen LogP contribution in [0, 0.1) is 0 Å². The molecule has 0 bridgehead atoms. The summed E-state index contributed by atoms with van der Waals surface area (Å²) >= 11 is 0. The first kappa shape index (κ1) is 14.2. The van der Waals surface area contributed by atoms with E-state index in [1.807, 2.05) is 49.4 Å². The molecule has 0 fully saturated rings. The summed E-state index contributed by atoms with van der Waals surface area (Å²) in [5.74, 6) is 1.69. The molecule has 4 nitrogen and oxygen atoms in total. The summed E-state index contributed by atoms with van der Waals surface area (Å²) in [6, 6.07) is 13.7. The molecule has 0 atom stereocenters. The van der Waals surface area contributed by atoms with Crippen molar-refractivity contribution in [3.05, 3.63) is 54.6 Å². The molecule has 0 spiro atoms. The normalized spacial score (nSPS) is 10.8. The highest BCUT2D eigenvalue weighted by atomic mass is 16.5. The van der Waals surface area contributed by atoms with Crippen molar-refractivity contribution in [1.29, 1.82) is 0 Å². The second-order valence-electron chi connectivity index (χ2n) is 5.46. The molecular formula is C18H19N3O. The molecule has 0 aliphatic heterocycles. The van der Waals surface area contributed by atoms with Crippen molar-refractivity contribution in [2.24, 2.45) is 0 Å². The van der Waals surface area contributed by atoms with E-state index >= 15 is 0 Å². The van der Waals surface area contributed by atoms with Crippen LogP contribution in [-0.2, 0) is 6.54 Å². The number of hydrogen-bond donors (Lipinski definition) is 1. The molecule has 112 valence electrons. The maximum absolute atomic E-state index is 5.91. The second-order valence-corrected chi connectivity index (χ2v) is 5.46. The fraction of sp³-hybridized carbons (Fsp3) is 0.167. The lowest BCUT2D eigenvalue weighted by Gasteiger charge is -2.09. The minimum Gasteiger partial charge on any atom is -0.497 e. The number of fused-ring (bicyclic) bond motifs is 1. The van der Waals surface area contributed by atoms with Crippen LogP contribution in [0.25, 0.3) is 22.4 Å². The zero-order valence-electron chi connectivity index (χ0n) is 12.8. The molecule has 0 amide bonds. The molecule has 0 unspecified atom stereocenters. The van der Waals surface area contributed by atoms with Gasteiger partial charge in [0.2, 0.25) is 0 Å². The molecule has 0 saturated heterocycles. The van der Waals surface area contributed by atoms with Crippen LogP contribution in [0.3, 0.4) is 0 Å². The molecule has 4 heteroatoms. The van der Waals surface area contributed by atoms with Gasteiger partial charge < -0.3 is 15.0 Å². The van der Waals surface area contributed by atoms with Crippen molar-refractivity contribution >= 4 is 16.7 Å². The Bertz CT molecular complexity index is 849. The summed E-state index contributed by atoms with van der Waals surface area (Å²) in [4.78, 5) is 4.77. The monoisotopic (exact) mass is 293 g/mol. The van der Waals surface area contributed by atoms with Gasteiger partial charge in [0, 0.05) is 23.9 Å². The predicted molar refractivity (Wildman–Crippen MR) is 90.9 cm³/mol. The molecule has 2 N–H and O–H groups in total. The Morgan fingerprint density at radius 3 is 2.77 bits per heavy atom. The lowest BCUT2D eigenvalue weighted by atomic mass is 10.2. The Kier molecular flexibility index (Phi) is 3.59. The molecule has 22 heavy (non-hydrogen) atoms. The number of nitrogens with zero attached hydrogens (tertiary/aromatic N) is 2. The summed E-state index contributed by atoms with van der Waals surface area (Å²) in [5, 5.41) is 0. The highest BCUT2D eigenvalue weighted by Crippen LogP contribution is 2.29. The van der Waals surface area contributed by atoms with E-state index < -0.39 is 0 Å². The average molecular weight is 293 g/mol. The van der Waals surface area contributed by atoms with E-state index in [0.29, 0.717) is 6.54 Å². The van der Waals surface area contributed by atoms with E-state index in [1.54, 1.807) is 7.11 Å². The summed E-state index contributed by atoms with van der Waals surface area (Å²) < 4.78 is 7.45. The number of benzene rings is 2. The quantitative estimate of drug-likeness (QED) is 0.587. The van der Waals surface area contributed by atoms with Gasteiger partial charge in [0.15, 0.2) is 0 Å². The van der Waals surface area contributed by atoms with Crippen LogP contribution in [0.15, 0.2) is 54.6 Å². The van der Waals surface area contributed by atoms with Crippen LogP contribution >= 0.6 is 0 Å². The van der Waals surface area contributed by atoms with Gasteiger partial charge in [0.05, 0.1) is 18.1 Å². The van der Waals surface area contributed by atoms with E-state index in [4.69, 9.17) is 15.5 Å². The van der Waals surface area contributed by atoms with E-state index in [-0.39, 0.29) is 0 Å². The lowest BCUT2D eigenvalue weighted by molar-refractivity contribution is 0.415. The zero-order valence-corrected chi connectivity index (χ0v) is 12.8. The third kappa shape index (κ3) is 2.55. The van der Waals surface area contributed by atoms with Crippen LogP contribution in [0.2, 0.25) is 0 Å². The highest BCUT2D eigenvalue weighted by Gasteiger charge is 2.13. The first-order valence-electron chi connectivity index (χ1n) is 7.13. The van der Waals surface area contributed by atoms with Gasteiger partial charge in [-0.2, -0.15) is 0 Å². The summed E-state index contributed by atoms with van der Waals surface area (Å²) in [5.41, 5.74) is 10.7. The van der Waals surface area contributed by atoms with Gasteiger partial charge in [-0.3, -0.25) is 0 Å². The Morgan fingerprint density at radius 1 is 1.27 bits per heavy atom. The number of allylic oxidation sites excluding steroid dienone is 1. The summed E-state index contributed by atoms with van der Waals surface area (Å²) in [7, 11) is 1.66. The Balaban J connectivity index is 2.25. The fourth-order valence-electron chi connectivity index (χ4n) is 2.56. The third-order valence-corrected chi connectivity index (χ3v) is 3.53. The summed E-state index contributed by atoms with van der Waals surface area (Å²) in [6.07, 6.45) is 0. The van der Waals surface area contributed by atoms with E-state index in [0.717, 1.165) is 39.4 Å². The lowest BCUT2D eigenvalue weighted by Crippen LogP contribution is -2.01. The topological polar surface area (TPSA) is 53.1 Å². The minimum absolute atomic E-state index is 0.715. The number of anilines is 1. The molecule has 3 rings (SSSR count). The molecule has 0 aliphatic rings. The Morgan fingerprint density at radius 2 is 2.09 bits per heavy atom. The molecule has 1 heterocycles. The maximum atomic E-state index is 5.91. The average Bonchev–Trinajstić information content (AvgIpc) is 2.84. The van der Waals surface area contributed by atoms with Gasteiger partial charge >= 0.3 is 0 Å². The zero-order chi connectivity index (χ0) is 15.7. The van der Waals surface area contributed by atoms with E-state index in [2.05, 4.69) is 11.1 Å². The van der Waals surface area contributed by atoms with Crippen molar-refractivity contribution in [3.63, 3.8) is 0 Å². The number of hydrogen-bond acceptors (Lipinski definition) is 3. The SMILES string of the molecule is C=C(C)Cn1c(-c2cccc(N)c2)nc2cc(OC)ccc21. The Hall–Kier alpha value is -2.75. The number of nitrogens with two attached hydrogens (primary N) is 1.